The second-order valence-electron chi connectivity index (χ2n) is 4.64. The predicted molar refractivity (Wildman–Crippen MR) is 59.6 cm³/mol. The topological polar surface area (TPSA) is 27.0 Å². The molecule has 2 heteroatoms. The highest BCUT2D eigenvalue weighted by Gasteiger charge is 2.37. The van der Waals surface area contributed by atoms with Crippen LogP contribution >= 0.6 is 0 Å². The molecular formula is C13H14N2. The third kappa shape index (κ3) is 1.39. The Bertz CT molecular complexity index is 402. The van der Waals surface area contributed by atoms with Crippen LogP contribution in [0.2, 0.25) is 0 Å². The van der Waals surface area contributed by atoms with Crippen molar-refractivity contribution in [3.8, 4) is 6.07 Å². The zero-order valence-electron chi connectivity index (χ0n) is 8.69. The Morgan fingerprint density at radius 1 is 1.20 bits per heavy atom. The molecule has 2 fully saturated rings. The molecule has 3 rings (SSSR count). The molecule has 0 radical (unpaired) electrons. The van der Waals surface area contributed by atoms with Gasteiger partial charge < -0.3 is 4.90 Å². The van der Waals surface area contributed by atoms with Crippen LogP contribution in [0.25, 0.3) is 0 Å². The summed E-state index contributed by atoms with van der Waals surface area (Å²) < 4.78 is 0. The van der Waals surface area contributed by atoms with E-state index in [2.05, 4.69) is 23.1 Å². The van der Waals surface area contributed by atoms with Crippen LogP contribution in [0, 0.1) is 17.2 Å². The maximum absolute atomic E-state index is 8.74. The van der Waals surface area contributed by atoms with E-state index in [0.29, 0.717) is 0 Å². The van der Waals surface area contributed by atoms with Crippen LogP contribution in [0.4, 0.5) is 5.69 Å². The van der Waals surface area contributed by atoms with Crippen molar-refractivity contribution in [2.75, 3.05) is 11.4 Å². The van der Waals surface area contributed by atoms with Gasteiger partial charge in [0.25, 0.3) is 0 Å². The summed E-state index contributed by atoms with van der Waals surface area (Å²) in [4.78, 5) is 2.51. The van der Waals surface area contributed by atoms with Crippen LogP contribution < -0.4 is 4.90 Å². The van der Waals surface area contributed by atoms with Gasteiger partial charge in [0.1, 0.15) is 0 Å². The molecule has 0 spiro atoms. The minimum Gasteiger partial charge on any atom is -0.368 e. The molecule has 1 saturated heterocycles. The maximum atomic E-state index is 8.74. The Hall–Kier alpha value is -1.49. The zero-order valence-corrected chi connectivity index (χ0v) is 8.69. The van der Waals surface area contributed by atoms with Crippen LogP contribution in [0.5, 0.6) is 0 Å². The first-order chi connectivity index (χ1) is 7.36. The average molecular weight is 198 g/mol. The van der Waals surface area contributed by atoms with E-state index < -0.39 is 0 Å². The summed E-state index contributed by atoms with van der Waals surface area (Å²) in [6.07, 6.45) is 4.14. The molecule has 1 aliphatic carbocycles. The molecule has 0 aromatic heterocycles. The van der Waals surface area contributed by atoms with Gasteiger partial charge in [-0.15, -0.1) is 0 Å². The van der Waals surface area contributed by atoms with Gasteiger partial charge in [-0.3, -0.25) is 0 Å². The van der Waals surface area contributed by atoms with Crippen LogP contribution in [0.3, 0.4) is 0 Å². The molecule has 1 heterocycles. The lowest BCUT2D eigenvalue weighted by Crippen LogP contribution is -2.31. The van der Waals surface area contributed by atoms with E-state index in [1.54, 1.807) is 0 Å². The molecule has 1 aromatic carbocycles. The van der Waals surface area contributed by atoms with Gasteiger partial charge in [-0.25, -0.2) is 0 Å². The van der Waals surface area contributed by atoms with E-state index in [-0.39, 0.29) is 0 Å². The molecule has 2 nitrogen and oxygen atoms in total. The summed E-state index contributed by atoms with van der Waals surface area (Å²) in [7, 11) is 0. The molecule has 0 amide bonds. The molecule has 0 N–H and O–H groups in total. The average Bonchev–Trinajstić information content (AvgIpc) is 2.91. The Labute approximate surface area is 90.1 Å². The van der Waals surface area contributed by atoms with E-state index >= 15 is 0 Å². The Morgan fingerprint density at radius 3 is 2.53 bits per heavy atom. The fourth-order valence-corrected chi connectivity index (χ4v) is 2.97. The number of hydrogen-bond acceptors (Lipinski definition) is 2. The summed E-state index contributed by atoms with van der Waals surface area (Å²) in [5.41, 5.74) is 2.05. The van der Waals surface area contributed by atoms with Gasteiger partial charge >= 0.3 is 0 Å². The highest BCUT2D eigenvalue weighted by atomic mass is 15.2. The highest BCUT2D eigenvalue weighted by molar-refractivity contribution is 5.52. The van der Waals surface area contributed by atoms with Crippen LogP contribution in [0.1, 0.15) is 24.8 Å². The van der Waals surface area contributed by atoms with Gasteiger partial charge in [-0.05, 0) is 49.4 Å². The van der Waals surface area contributed by atoms with Gasteiger partial charge in [0.05, 0.1) is 11.6 Å². The van der Waals surface area contributed by atoms with Gasteiger partial charge in [0.15, 0.2) is 0 Å². The van der Waals surface area contributed by atoms with Crippen molar-refractivity contribution in [1.82, 2.24) is 0 Å². The minimum absolute atomic E-state index is 0.753. The monoisotopic (exact) mass is 198 g/mol. The quantitative estimate of drug-likeness (QED) is 0.693. The molecule has 1 aliphatic heterocycles. The Balaban J connectivity index is 1.85. The number of benzene rings is 1. The largest absolute Gasteiger partial charge is 0.368 e. The molecule has 76 valence electrons. The van der Waals surface area contributed by atoms with E-state index in [9.17, 15) is 0 Å². The first kappa shape index (κ1) is 8.79. The number of hydrogen-bond donors (Lipinski definition) is 0. The number of piperidine rings is 1. The Morgan fingerprint density at radius 2 is 2.00 bits per heavy atom. The van der Waals surface area contributed by atoms with Crippen molar-refractivity contribution in [2.45, 2.75) is 25.3 Å². The van der Waals surface area contributed by atoms with Crippen molar-refractivity contribution >= 4 is 5.69 Å². The summed E-state index contributed by atoms with van der Waals surface area (Å²) in [6.45, 7) is 1.22. The fourth-order valence-electron chi connectivity index (χ4n) is 2.97. The normalized spacial score (nSPS) is 28.1. The van der Waals surface area contributed by atoms with Crippen LogP contribution in [0.15, 0.2) is 24.3 Å². The summed E-state index contributed by atoms with van der Waals surface area (Å²) in [6, 6.07) is 10.9. The summed E-state index contributed by atoms with van der Waals surface area (Å²) in [5, 5.41) is 8.74. The number of nitrogens with zero attached hydrogens (tertiary/aromatic N) is 2. The third-order valence-electron chi connectivity index (χ3n) is 3.74. The minimum atomic E-state index is 0.753. The third-order valence-corrected chi connectivity index (χ3v) is 3.74. The second-order valence-corrected chi connectivity index (χ2v) is 4.64. The number of anilines is 1. The molecular weight excluding hydrogens is 184 g/mol. The number of rotatable bonds is 1. The van der Waals surface area contributed by atoms with Crippen LogP contribution in [-0.4, -0.2) is 12.6 Å². The fraction of sp³-hybridized carbons (Fsp3) is 0.462. The van der Waals surface area contributed by atoms with Crippen molar-refractivity contribution in [3.05, 3.63) is 29.8 Å². The smallest absolute Gasteiger partial charge is 0.0991 e. The second kappa shape index (κ2) is 3.27. The van der Waals surface area contributed by atoms with Crippen molar-refractivity contribution < 1.29 is 0 Å². The van der Waals surface area contributed by atoms with E-state index in [4.69, 9.17) is 5.26 Å². The van der Waals surface area contributed by atoms with Gasteiger partial charge in [-0.1, -0.05) is 0 Å². The Kier molecular flexibility index (Phi) is 1.92. The van der Waals surface area contributed by atoms with Crippen molar-refractivity contribution in [2.24, 2.45) is 5.92 Å². The molecule has 2 unspecified atom stereocenters. The van der Waals surface area contributed by atoms with E-state index in [1.165, 1.54) is 31.5 Å². The maximum Gasteiger partial charge on any atom is 0.0991 e. The first-order valence-corrected chi connectivity index (χ1v) is 5.63. The lowest BCUT2D eigenvalue weighted by molar-refractivity contribution is 0.553. The van der Waals surface area contributed by atoms with Gasteiger partial charge in [0, 0.05) is 18.3 Å². The lowest BCUT2D eigenvalue weighted by atomic mass is 10.1. The molecule has 2 atom stereocenters. The molecule has 15 heavy (non-hydrogen) atoms. The predicted octanol–water partition coefficient (Wildman–Crippen LogP) is 2.55. The van der Waals surface area contributed by atoms with Gasteiger partial charge in [0.2, 0.25) is 0 Å². The molecule has 2 bridgehead atoms. The molecule has 1 aromatic rings. The summed E-state index contributed by atoms with van der Waals surface area (Å²) in [5.74, 6) is 0.922. The number of fused-ring (bicyclic) bond motifs is 2. The highest BCUT2D eigenvalue weighted by Crippen LogP contribution is 2.39. The lowest BCUT2D eigenvalue weighted by Gasteiger charge is -2.29. The van der Waals surface area contributed by atoms with E-state index in [0.717, 1.165) is 17.5 Å². The zero-order chi connectivity index (χ0) is 10.3. The summed E-state index contributed by atoms with van der Waals surface area (Å²) >= 11 is 0. The van der Waals surface area contributed by atoms with Crippen LogP contribution in [-0.2, 0) is 0 Å². The SMILES string of the molecule is N#Cc1ccc(N2CC3CCC2C3)cc1. The standard InChI is InChI=1S/C13H14N2/c14-8-10-1-4-12(5-2-10)15-9-11-3-6-13(15)7-11/h1-2,4-5,11,13H,3,6-7,9H2. The van der Waals surface area contributed by atoms with E-state index in [1.807, 2.05) is 12.1 Å². The first-order valence-electron chi connectivity index (χ1n) is 5.63. The molecule has 1 saturated carbocycles. The number of nitriles is 1. The molecule has 2 aliphatic rings. The van der Waals surface area contributed by atoms with Crippen molar-refractivity contribution in [1.29, 1.82) is 5.26 Å². The van der Waals surface area contributed by atoms with Crippen molar-refractivity contribution in [3.63, 3.8) is 0 Å². The van der Waals surface area contributed by atoms with Gasteiger partial charge in [-0.2, -0.15) is 5.26 Å².